The summed E-state index contributed by atoms with van der Waals surface area (Å²) in [4.78, 5) is 22.4. The molecule has 0 heterocycles. The fourth-order valence-electron chi connectivity index (χ4n) is 1.76. The van der Waals surface area contributed by atoms with Crippen molar-refractivity contribution < 1.29 is 32.2 Å². The molecule has 2 aromatic carbocycles. The van der Waals surface area contributed by atoms with Crippen molar-refractivity contribution in [2.45, 2.75) is 6.36 Å². The van der Waals surface area contributed by atoms with Crippen LogP contribution in [0.3, 0.4) is 0 Å². The zero-order valence-electron chi connectivity index (χ0n) is 12.2. The van der Waals surface area contributed by atoms with E-state index in [-0.39, 0.29) is 12.4 Å². The molecule has 5 nitrogen and oxygen atoms in total. The molecule has 2 rings (SSSR count). The first-order valence-electron chi connectivity index (χ1n) is 6.69. The molecule has 0 unspecified atom stereocenters. The minimum atomic E-state index is -4.77. The lowest BCUT2D eigenvalue weighted by atomic mass is 10.2. The van der Waals surface area contributed by atoms with Gasteiger partial charge in [0, 0.05) is 11.3 Å². The Hall–Kier alpha value is -3.03. The highest BCUT2D eigenvalue weighted by atomic mass is 19.4. The summed E-state index contributed by atoms with van der Waals surface area (Å²) in [6.45, 7) is -0.316. The smallest absolute Gasteiger partial charge is 0.484 e. The molecule has 0 bridgehead atoms. The Balaban J connectivity index is 1.86. The molecule has 0 fully saturated rings. The number of alkyl halides is 3. The number of rotatable bonds is 6. The van der Waals surface area contributed by atoms with Crippen molar-refractivity contribution in [1.29, 1.82) is 0 Å². The van der Waals surface area contributed by atoms with Crippen molar-refractivity contribution in [2.24, 2.45) is 0 Å². The number of nitrogens with one attached hydrogen (secondary N) is 1. The normalized spacial score (nSPS) is 10.8. The molecule has 24 heavy (non-hydrogen) atoms. The van der Waals surface area contributed by atoms with Crippen LogP contribution in [0.25, 0.3) is 0 Å². The zero-order chi connectivity index (χ0) is 17.6. The van der Waals surface area contributed by atoms with Crippen LogP contribution >= 0.6 is 0 Å². The number of hydrogen-bond acceptors (Lipinski definition) is 4. The highest BCUT2D eigenvalue weighted by Crippen LogP contribution is 2.23. The first-order chi connectivity index (χ1) is 11.4. The first-order valence-corrected chi connectivity index (χ1v) is 6.69. The van der Waals surface area contributed by atoms with Crippen LogP contribution in [0.4, 0.5) is 18.9 Å². The van der Waals surface area contributed by atoms with Gasteiger partial charge in [-0.3, -0.25) is 9.59 Å². The Morgan fingerprint density at radius 2 is 1.79 bits per heavy atom. The quantitative estimate of drug-likeness (QED) is 0.819. The fraction of sp³-hybridized carbons (Fsp3) is 0.125. The van der Waals surface area contributed by atoms with Crippen molar-refractivity contribution in [3.05, 3.63) is 54.1 Å². The van der Waals surface area contributed by atoms with Crippen LogP contribution in [0.2, 0.25) is 0 Å². The van der Waals surface area contributed by atoms with Crippen molar-refractivity contribution >= 4 is 17.9 Å². The second kappa shape index (κ2) is 7.49. The number of hydrogen-bond donors (Lipinski definition) is 1. The average Bonchev–Trinajstić information content (AvgIpc) is 2.54. The van der Waals surface area contributed by atoms with Gasteiger partial charge >= 0.3 is 6.36 Å². The SMILES string of the molecule is O=Cc1cccc(OCC(=O)Nc2ccc(OC(F)(F)F)cc2)c1. The van der Waals surface area contributed by atoms with Gasteiger partial charge in [0.15, 0.2) is 6.61 Å². The molecule has 0 saturated carbocycles. The summed E-state index contributed by atoms with van der Waals surface area (Å²) in [5.74, 6) is -0.540. The van der Waals surface area contributed by atoms with E-state index >= 15 is 0 Å². The van der Waals surface area contributed by atoms with Crippen LogP contribution in [0.5, 0.6) is 11.5 Å². The Morgan fingerprint density at radius 1 is 1.08 bits per heavy atom. The van der Waals surface area contributed by atoms with Gasteiger partial charge in [-0.2, -0.15) is 0 Å². The molecular formula is C16H12F3NO4. The molecule has 0 atom stereocenters. The third-order valence-corrected chi connectivity index (χ3v) is 2.74. The highest BCUT2D eigenvalue weighted by Gasteiger charge is 2.30. The van der Waals surface area contributed by atoms with Gasteiger partial charge in [0.05, 0.1) is 0 Å². The van der Waals surface area contributed by atoms with Gasteiger partial charge in [-0.15, -0.1) is 13.2 Å². The van der Waals surface area contributed by atoms with Gasteiger partial charge in [0.2, 0.25) is 0 Å². The van der Waals surface area contributed by atoms with E-state index in [9.17, 15) is 22.8 Å². The minimum Gasteiger partial charge on any atom is -0.484 e. The van der Waals surface area contributed by atoms with E-state index in [1.165, 1.54) is 18.2 Å². The topological polar surface area (TPSA) is 64.6 Å². The molecule has 126 valence electrons. The minimum absolute atomic E-state index is 0.291. The number of benzene rings is 2. The Kier molecular flexibility index (Phi) is 5.41. The van der Waals surface area contributed by atoms with Gasteiger partial charge < -0.3 is 14.8 Å². The van der Waals surface area contributed by atoms with E-state index in [0.29, 0.717) is 23.3 Å². The van der Waals surface area contributed by atoms with Gasteiger partial charge in [0.25, 0.3) is 5.91 Å². The summed E-state index contributed by atoms with van der Waals surface area (Å²) in [6.07, 6.45) is -4.12. The van der Waals surface area contributed by atoms with Crippen LogP contribution in [0.15, 0.2) is 48.5 Å². The number of carbonyl (C=O) groups excluding carboxylic acids is 2. The fourth-order valence-corrected chi connectivity index (χ4v) is 1.76. The van der Waals surface area contributed by atoms with Crippen LogP contribution in [0, 0.1) is 0 Å². The van der Waals surface area contributed by atoms with E-state index in [2.05, 4.69) is 10.1 Å². The second-order valence-corrected chi connectivity index (χ2v) is 4.60. The maximum Gasteiger partial charge on any atom is 0.573 e. The number of aldehydes is 1. The summed E-state index contributed by atoms with van der Waals surface area (Å²) in [5, 5.41) is 2.46. The Morgan fingerprint density at radius 3 is 2.42 bits per heavy atom. The zero-order valence-corrected chi connectivity index (χ0v) is 12.2. The maximum absolute atomic E-state index is 12.0. The Bertz CT molecular complexity index is 714. The molecule has 0 aliphatic rings. The van der Waals surface area contributed by atoms with Crippen LogP contribution < -0.4 is 14.8 Å². The van der Waals surface area contributed by atoms with Crippen molar-refractivity contribution in [3.63, 3.8) is 0 Å². The number of amides is 1. The van der Waals surface area contributed by atoms with Gasteiger partial charge in [-0.05, 0) is 36.4 Å². The van der Waals surface area contributed by atoms with Crippen LogP contribution in [-0.4, -0.2) is 25.2 Å². The van der Waals surface area contributed by atoms with Gasteiger partial charge in [-0.1, -0.05) is 12.1 Å². The maximum atomic E-state index is 12.0. The molecule has 2 aromatic rings. The monoisotopic (exact) mass is 339 g/mol. The summed E-state index contributed by atoms with van der Waals surface area (Å²) in [6, 6.07) is 11.0. The summed E-state index contributed by atoms with van der Waals surface area (Å²) >= 11 is 0. The predicted molar refractivity (Wildman–Crippen MR) is 79.1 cm³/mol. The summed E-state index contributed by atoms with van der Waals surface area (Å²) < 4.78 is 45.1. The molecule has 0 radical (unpaired) electrons. The molecule has 0 aliphatic heterocycles. The molecule has 0 aromatic heterocycles. The Labute approximate surface area is 135 Å². The molecular weight excluding hydrogens is 327 g/mol. The summed E-state index contributed by atoms with van der Waals surface area (Å²) in [7, 11) is 0. The van der Waals surface area contributed by atoms with Crippen LogP contribution in [-0.2, 0) is 4.79 Å². The number of carbonyl (C=O) groups is 2. The van der Waals surface area contributed by atoms with E-state index in [1.807, 2.05) is 0 Å². The standard InChI is InChI=1S/C16H12F3NO4/c17-16(18,19)24-13-6-4-12(5-7-13)20-15(22)10-23-14-3-1-2-11(8-14)9-21/h1-9H,10H2,(H,20,22). The van der Waals surface area contributed by atoms with Crippen LogP contribution in [0.1, 0.15) is 10.4 Å². The lowest BCUT2D eigenvalue weighted by Gasteiger charge is -2.10. The predicted octanol–water partition coefficient (Wildman–Crippen LogP) is 3.42. The third kappa shape index (κ3) is 5.64. The molecule has 0 spiro atoms. The molecule has 1 amide bonds. The van der Waals surface area contributed by atoms with Crippen molar-refractivity contribution in [3.8, 4) is 11.5 Å². The van der Waals surface area contributed by atoms with Gasteiger partial charge in [0.1, 0.15) is 17.8 Å². The second-order valence-electron chi connectivity index (χ2n) is 4.60. The lowest BCUT2D eigenvalue weighted by Crippen LogP contribution is -2.20. The molecule has 8 heteroatoms. The van der Waals surface area contributed by atoms with E-state index in [0.717, 1.165) is 12.1 Å². The van der Waals surface area contributed by atoms with E-state index in [1.54, 1.807) is 18.2 Å². The lowest BCUT2D eigenvalue weighted by molar-refractivity contribution is -0.274. The van der Waals surface area contributed by atoms with E-state index in [4.69, 9.17) is 4.74 Å². The van der Waals surface area contributed by atoms with Gasteiger partial charge in [-0.25, -0.2) is 0 Å². The molecule has 0 aliphatic carbocycles. The third-order valence-electron chi connectivity index (χ3n) is 2.74. The van der Waals surface area contributed by atoms with E-state index < -0.39 is 12.3 Å². The first kappa shape index (κ1) is 17.3. The number of halogens is 3. The molecule has 1 N–H and O–H groups in total. The van der Waals surface area contributed by atoms with Crippen molar-refractivity contribution in [1.82, 2.24) is 0 Å². The molecule has 0 saturated heterocycles. The average molecular weight is 339 g/mol. The van der Waals surface area contributed by atoms with Crippen molar-refractivity contribution in [2.75, 3.05) is 11.9 Å². The highest BCUT2D eigenvalue weighted by molar-refractivity contribution is 5.91. The largest absolute Gasteiger partial charge is 0.573 e. The number of ether oxygens (including phenoxy) is 2. The summed E-state index contributed by atoms with van der Waals surface area (Å²) in [5.41, 5.74) is 0.702. The number of anilines is 1.